The van der Waals surface area contributed by atoms with Crippen LogP contribution in [-0.4, -0.2) is 41.4 Å². The SMILES string of the molecule is COc1ccc2ccccc2c1/C=C1\SC(=S)N(CC(=O)OCC(C)C)C1=O. The summed E-state index contributed by atoms with van der Waals surface area (Å²) in [5, 5.41) is 2.02. The molecule has 5 nitrogen and oxygen atoms in total. The summed E-state index contributed by atoms with van der Waals surface area (Å²) in [6.07, 6.45) is 1.78. The second-order valence-corrected chi connectivity index (χ2v) is 8.42. The molecule has 1 saturated heterocycles. The summed E-state index contributed by atoms with van der Waals surface area (Å²) in [6.45, 7) is 4.04. The molecule has 1 amide bonds. The van der Waals surface area contributed by atoms with E-state index in [4.69, 9.17) is 21.7 Å². The van der Waals surface area contributed by atoms with Crippen molar-refractivity contribution in [3.8, 4) is 5.75 Å². The zero-order valence-electron chi connectivity index (χ0n) is 15.9. The van der Waals surface area contributed by atoms with Gasteiger partial charge in [-0.3, -0.25) is 14.5 Å². The number of rotatable bonds is 6. The first-order valence-electron chi connectivity index (χ1n) is 8.87. The summed E-state index contributed by atoms with van der Waals surface area (Å²) in [4.78, 5) is 26.6. The number of amides is 1. The van der Waals surface area contributed by atoms with Crippen LogP contribution in [0.4, 0.5) is 0 Å². The molecule has 2 aromatic carbocycles. The van der Waals surface area contributed by atoms with E-state index in [1.54, 1.807) is 13.2 Å². The Morgan fingerprint density at radius 3 is 2.71 bits per heavy atom. The van der Waals surface area contributed by atoms with Crippen molar-refractivity contribution >= 4 is 57.0 Å². The van der Waals surface area contributed by atoms with Crippen LogP contribution in [0.2, 0.25) is 0 Å². The van der Waals surface area contributed by atoms with Gasteiger partial charge in [0.1, 0.15) is 16.6 Å². The van der Waals surface area contributed by atoms with Gasteiger partial charge in [0, 0.05) is 5.56 Å². The van der Waals surface area contributed by atoms with E-state index in [2.05, 4.69) is 0 Å². The van der Waals surface area contributed by atoms with Crippen LogP contribution >= 0.6 is 24.0 Å². The van der Waals surface area contributed by atoms with Gasteiger partial charge in [0.15, 0.2) is 0 Å². The first kappa shape index (κ1) is 20.4. The Morgan fingerprint density at radius 1 is 1.25 bits per heavy atom. The van der Waals surface area contributed by atoms with Crippen molar-refractivity contribution in [2.24, 2.45) is 5.92 Å². The van der Waals surface area contributed by atoms with E-state index in [0.29, 0.717) is 21.6 Å². The highest BCUT2D eigenvalue weighted by Crippen LogP contribution is 2.36. The third kappa shape index (κ3) is 4.36. The minimum Gasteiger partial charge on any atom is -0.496 e. The van der Waals surface area contributed by atoms with Crippen LogP contribution in [0.25, 0.3) is 16.8 Å². The van der Waals surface area contributed by atoms with E-state index in [1.165, 1.54) is 16.7 Å². The minimum atomic E-state index is -0.464. The highest BCUT2D eigenvalue weighted by atomic mass is 32.2. The largest absolute Gasteiger partial charge is 0.496 e. The molecule has 0 aromatic heterocycles. The minimum absolute atomic E-state index is 0.179. The van der Waals surface area contributed by atoms with Gasteiger partial charge in [-0.05, 0) is 28.8 Å². The van der Waals surface area contributed by atoms with Crippen LogP contribution in [0, 0.1) is 5.92 Å². The fourth-order valence-electron chi connectivity index (χ4n) is 2.80. The molecule has 7 heteroatoms. The Bertz CT molecular complexity index is 968. The Hall–Kier alpha value is -2.38. The molecule has 0 N–H and O–H groups in total. The number of nitrogens with zero attached hydrogens (tertiary/aromatic N) is 1. The second kappa shape index (κ2) is 8.75. The molecule has 0 saturated carbocycles. The molecule has 0 spiro atoms. The topological polar surface area (TPSA) is 55.8 Å². The second-order valence-electron chi connectivity index (χ2n) is 6.75. The number of fused-ring (bicyclic) bond motifs is 1. The average molecular weight is 416 g/mol. The molecule has 28 heavy (non-hydrogen) atoms. The molecule has 146 valence electrons. The van der Waals surface area contributed by atoms with Gasteiger partial charge in [0.2, 0.25) is 0 Å². The van der Waals surface area contributed by atoms with E-state index < -0.39 is 5.97 Å². The van der Waals surface area contributed by atoms with E-state index >= 15 is 0 Å². The van der Waals surface area contributed by atoms with Gasteiger partial charge in [-0.15, -0.1) is 0 Å². The fourth-order valence-corrected chi connectivity index (χ4v) is 4.04. The molecule has 1 aliphatic heterocycles. The smallest absolute Gasteiger partial charge is 0.326 e. The number of carbonyl (C=O) groups excluding carboxylic acids is 2. The molecule has 0 aliphatic carbocycles. The van der Waals surface area contributed by atoms with Gasteiger partial charge in [0.05, 0.1) is 18.6 Å². The van der Waals surface area contributed by atoms with E-state index in [9.17, 15) is 9.59 Å². The van der Waals surface area contributed by atoms with Crippen LogP contribution in [0.3, 0.4) is 0 Å². The number of methoxy groups -OCH3 is 1. The van der Waals surface area contributed by atoms with Crippen molar-refractivity contribution in [2.75, 3.05) is 20.3 Å². The highest BCUT2D eigenvalue weighted by molar-refractivity contribution is 8.26. The van der Waals surface area contributed by atoms with Crippen molar-refractivity contribution in [1.82, 2.24) is 4.90 Å². The molecule has 1 fully saturated rings. The van der Waals surface area contributed by atoms with Crippen LogP contribution in [0.5, 0.6) is 5.75 Å². The Morgan fingerprint density at radius 2 is 2.00 bits per heavy atom. The molecule has 0 atom stereocenters. The van der Waals surface area contributed by atoms with Crippen molar-refractivity contribution in [2.45, 2.75) is 13.8 Å². The number of benzene rings is 2. The Balaban J connectivity index is 1.88. The Labute approximate surface area is 173 Å². The predicted molar refractivity (Wildman–Crippen MR) is 116 cm³/mol. The fraction of sp³-hybridized carbons (Fsp3) is 0.286. The van der Waals surface area contributed by atoms with Crippen LogP contribution in [-0.2, 0) is 14.3 Å². The van der Waals surface area contributed by atoms with Gasteiger partial charge in [-0.1, -0.05) is 68.2 Å². The number of hydrogen-bond donors (Lipinski definition) is 0. The number of hydrogen-bond acceptors (Lipinski definition) is 6. The summed E-state index contributed by atoms with van der Waals surface area (Å²) in [5.41, 5.74) is 0.809. The van der Waals surface area contributed by atoms with Crippen molar-refractivity contribution < 1.29 is 19.1 Å². The summed E-state index contributed by atoms with van der Waals surface area (Å²) in [5.74, 6) is 0.134. The maximum Gasteiger partial charge on any atom is 0.326 e. The summed E-state index contributed by atoms with van der Waals surface area (Å²) < 4.78 is 11.0. The zero-order valence-corrected chi connectivity index (χ0v) is 17.6. The number of thiocarbonyl (C=S) groups is 1. The van der Waals surface area contributed by atoms with Crippen molar-refractivity contribution in [3.05, 3.63) is 46.9 Å². The lowest BCUT2D eigenvalue weighted by Crippen LogP contribution is -2.34. The molecule has 1 aliphatic rings. The summed E-state index contributed by atoms with van der Waals surface area (Å²) in [7, 11) is 1.59. The lowest BCUT2D eigenvalue weighted by atomic mass is 10.0. The molecule has 1 heterocycles. The standard InChI is InChI=1S/C21H21NO4S2/c1-13(2)12-26-19(23)11-22-20(24)18(28-21(22)27)10-16-15-7-5-4-6-14(15)8-9-17(16)25-3/h4-10,13H,11-12H2,1-3H3/b18-10-. The summed E-state index contributed by atoms with van der Waals surface area (Å²) >= 11 is 6.49. The monoisotopic (exact) mass is 415 g/mol. The Kier molecular flexibility index (Phi) is 6.36. The van der Waals surface area contributed by atoms with Crippen molar-refractivity contribution in [3.63, 3.8) is 0 Å². The van der Waals surface area contributed by atoms with Crippen LogP contribution in [0.15, 0.2) is 41.3 Å². The maximum atomic E-state index is 12.8. The van der Waals surface area contributed by atoms with Gasteiger partial charge in [-0.25, -0.2) is 0 Å². The predicted octanol–water partition coefficient (Wildman–Crippen LogP) is 4.25. The van der Waals surface area contributed by atoms with Gasteiger partial charge in [0.25, 0.3) is 5.91 Å². The van der Waals surface area contributed by atoms with Gasteiger partial charge >= 0.3 is 5.97 Å². The average Bonchev–Trinajstić information content (AvgIpc) is 2.94. The number of ether oxygens (including phenoxy) is 2. The molecule has 0 radical (unpaired) electrons. The third-order valence-corrected chi connectivity index (χ3v) is 5.54. The molecular weight excluding hydrogens is 394 g/mol. The quantitative estimate of drug-likeness (QED) is 0.399. The zero-order chi connectivity index (χ0) is 20.3. The van der Waals surface area contributed by atoms with E-state index in [1.807, 2.05) is 50.2 Å². The van der Waals surface area contributed by atoms with E-state index in [-0.39, 0.29) is 18.4 Å². The molecular formula is C21H21NO4S2. The first-order valence-corrected chi connectivity index (χ1v) is 10.1. The molecule has 2 aromatic rings. The lowest BCUT2D eigenvalue weighted by Gasteiger charge is -2.14. The first-order chi connectivity index (χ1) is 13.4. The van der Waals surface area contributed by atoms with Crippen LogP contribution < -0.4 is 4.74 Å². The summed E-state index contributed by atoms with van der Waals surface area (Å²) in [6, 6.07) is 11.7. The van der Waals surface area contributed by atoms with E-state index in [0.717, 1.165) is 16.3 Å². The number of carbonyl (C=O) groups is 2. The van der Waals surface area contributed by atoms with Gasteiger partial charge in [-0.2, -0.15) is 0 Å². The third-order valence-electron chi connectivity index (χ3n) is 4.16. The molecule has 3 rings (SSSR count). The number of thioether (sulfide) groups is 1. The number of esters is 1. The maximum absolute atomic E-state index is 12.8. The lowest BCUT2D eigenvalue weighted by molar-refractivity contribution is -0.147. The highest BCUT2D eigenvalue weighted by Gasteiger charge is 2.34. The normalized spacial score (nSPS) is 15.7. The van der Waals surface area contributed by atoms with Gasteiger partial charge < -0.3 is 9.47 Å². The van der Waals surface area contributed by atoms with Crippen LogP contribution in [0.1, 0.15) is 19.4 Å². The molecule has 0 bridgehead atoms. The molecule has 0 unspecified atom stereocenters. The van der Waals surface area contributed by atoms with Crippen molar-refractivity contribution in [1.29, 1.82) is 0 Å².